The highest BCUT2D eigenvalue weighted by atomic mass is 16.5. The Bertz CT molecular complexity index is 419. The lowest BCUT2D eigenvalue weighted by molar-refractivity contribution is 0.0695. The molecule has 6 nitrogen and oxygen atoms in total. The van der Waals surface area contributed by atoms with E-state index in [1.807, 2.05) is 0 Å². The number of aliphatic hydroxyl groups is 1. The standard InChI is InChI=1S/C10H16N2O4/c1-7(13)5-11(3)6-10(15)12-9(14)4-8(2)16-12/h4,7,13H,5-6H2,1-3H3. The molecule has 0 bridgehead atoms. The number of rotatable bonds is 4. The van der Waals surface area contributed by atoms with Crippen LogP contribution in [0.5, 0.6) is 0 Å². The third-order valence-electron chi connectivity index (χ3n) is 1.97. The summed E-state index contributed by atoms with van der Waals surface area (Å²) in [6.07, 6.45) is -0.521. The summed E-state index contributed by atoms with van der Waals surface area (Å²) in [4.78, 5) is 24.5. The van der Waals surface area contributed by atoms with Gasteiger partial charge in [-0.2, -0.15) is 0 Å². The van der Waals surface area contributed by atoms with Gasteiger partial charge in [-0.15, -0.1) is 4.74 Å². The van der Waals surface area contributed by atoms with Gasteiger partial charge in [-0.1, -0.05) is 0 Å². The van der Waals surface area contributed by atoms with Crippen molar-refractivity contribution in [1.29, 1.82) is 0 Å². The van der Waals surface area contributed by atoms with Crippen molar-refractivity contribution in [2.24, 2.45) is 0 Å². The van der Waals surface area contributed by atoms with Gasteiger partial charge in [0, 0.05) is 12.6 Å². The first-order valence-electron chi connectivity index (χ1n) is 5.00. The van der Waals surface area contributed by atoms with E-state index in [1.165, 1.54) is 6.07 Å². The smallest absolute Gasteiger partial charge is 0.290 e. The molecule has 90 valence electrons. The van der Waals surface area contributed by atoms with Gasteiger partial charge >= 0.3 is 0 Å². The van der Waals surface area contributed by atoms with Crippen molar-refractivity contribution >= 4 is 5.91 Å². The molecule has 16 heavy (non-hydrogen) atoms. The average molecular weight is 228 g/mol. The molecule has 6 heteroatoms. The number of nitrogens with zero attached hydrogens (tertiary/aromatic N) is 2. The van der Waals surface area contributed by atoms with Crippen LogP contribution in [0.1, 0.15) is 17.5 Å². The number of carbonyl (C=O) groups excluding carboxylic acids is 1. The molecule has 1 aromatic rings. The topological polar surface area (TPSA) is 75.7 Å². The Labute approximate surface area is 93.0 Å². The van der Waals surface area contributed by atoms with Crippen molar-refractivity contribution in [3.05, 3.63) is 22.2 Å². The van der Waals surface area contributed by atoms with Gasteiger partial charge < -0.3 is 9.63 Å². The van der Waals surface area contributed by atoms with Crippen molar-refractivity contribution in [1.82, 2.24) is 9.64 Å². The van der Waals surface area contributed by atoms with Crippen LogP contribution in [0.15, 0.2) is 15.4 Å². The summed E-state index contributed by atoms with van der Waals surface area (Å²) in [5.41, 5.74) is -0.465. The minimum absolute atomic E-state index is 0.0256. The Hall–Kier alpha value is -1.40. The zero-order valence-corrected chi connectivity index (χ0v) is 9.64. The summed E-state index contributed by atoms with van der Waals surface area (Å²) >= 11 is 0. The molecule has 0 saturated heterocycles. The highest BCUT2D eigenvalue weighted by Gasteiger charge is 2.14. The van der Waals surface area contributed by atoms with Crippen LogP contribution in [0, 0.1) is 6.92 Å². The maximum Gasteiger partial charge on any atom is 0.290 e. The predicted molar refractivity (Wildman–Crippen MR) is 57.5 cm³/mol. The lowest BCUT2D eigenvalue weighted by Gasteiger charge is -2.16. The fraction of sp³-hybridized carbons (Fsp3) is 0.600. The minimum atomic E-state index is -0.521. The van der Waals surface area contributed by atoms with Crippen molar-refractivity contribution < 1.29 is 14.4 Å². The van der Waals surface area contributed by atoms with Crippen LogP contribution in [0.25, 0.3) is 0 Å². The van der Waals surface area contributed by atoms with Crippen LogP contribution < -0.4 is 5.56 Å². The van der Waals surface area contributed by atoms with Crippen molar-refractivity contribution in [2.75, 3.05) is 20.1 Å². The first kappa shape index (κ1) is 12.7. The lowest BCUT2D eigenvalue weighted by atomic mass is 10.3. The van der Waals surface area contributed by atoms with Gasteiger partial charge in [-0.05, 0) is 20.9 Å². The van der Waals surface area contributed by atoms with Crippen LogP contribution in [0.4, 0.5) is 0 Å². The summed E-state index contributed by atoms with van der Waals surface area (Å²) in [5, 5.41) is 9.12. The average Bonchev–Trinajstić information content (AvgIpc) is 2.43. The van der Waals surface area contributed by atoms with Crippen LogP contribution in [0.3, 0.4) is 0 Å². The maximum atomic E-state index is 11.6. The summed E-state index contributed by atoms with van der Waals surface area (Å²) in [6, 6.07) is 1.26. The van der Waals surface area contributed by atoms with Crippen LogP contribution in [0.2, 0.25) is 0 Å². The molecule has 1 heterocycles. The molecule has 0 radical (unpaired) electrons. The van der Waals surface area contributed by atoms with Crippen molar-refractivity contribution in [3.8, 4) is 0 Å². The van der Waals surface area contributed by atoms with E-state index in [2.05, 4.69) is 0 Å². The zero-order chi connectivity index (χ0) is 12.3. The third kappa shape index (κ3) is 3.32. The second-order valence-corrected chi connectivity index (χ2v) is 3.92. The maximum absolute atomic E-state index is 11.6. The second-order valence-electron chi connectivity index (χ2n) is 3.92. The quantitative estimate of drug-likeness (QED) is 0.766. The molecule has 0 aliphatic rings. The highest BCUT2D eigenvalue weighted by molar-refractivity contribution is 5.79. The largest absolute Gasteiger partial charge is 0.392 e. The number of hydrogen-bond acceptors (Lipinski definition) is 5. The van der Waals surface area contributed by atoms with E-state index in [0.29, 0.717) is 12.3 Å². The molecule has 0 aliphatic carbocycles. The molecule has 0 aromatic carbocycles. The Morgan fingerprint density at radius 1 is 1.69 bits per heavy atom. The molecule has 0 aliphatic heterocycles. The summed E-state index contributed by atoms with van der Waals surface area (Å²) < 4.78 is 5.68. The molecule has 0 saturated carbocycles. The molecule has 1 unspecified atom stereocenters. The van der Waals surface area contributed by atoms with Gasteiger partial charge in [0.05, 0.1) is 12.6 Å². The zero-order valence-electron chi connectivity index (χ0n) is 9.64. The number of aliphatic hydroxyl groups excluding tert-OH is 1. The van der Waals surface area contributed by atoms with Crippen LogP contribution in [-0.2, 0) is 0 Å². The molecule has 0 amide bonds. The van der Waals surface area contributed by atoms with Gasteiger partial charge in [0.1, 0.15) is 5.76 Å². The van der Waals surface area contributed by atoms with E-state index >= 15 is 0 Å². The van der Waals surface area contributed by atoms with Gasteiger partial charge in [-0.3, -0.25) is 14.5 Å². The Morgan fingerprint density at radius 2 is 2.31 bits per heavy atom. The molecular formula is C10H16N2O4. The van der Waals surface area contributed by atoms with E-state index in [-0.39, 0.29) is 6.54 Å². The molecule has 1 N–H and O–H groups in total. The van der Waals surface area contributed by atoms with E-state index < -0.39 is 17.6 Å². The summed E-state index contributed by atoms with van der Waals surface area (Å²) in [6.45, 7) is 3.62. The van der Waals surface area contributed by atoms with E-state index in [4.69, 9.17) is 9.63 Å². The molecule has 1 rings (SSSR count). The first-order chi connectivity index (χ1) is 7.40. The highest BCUT2D eigenvalue weighted by Crippen LogP contribution is 1.95. The molecular weight excluding hydrogens is 212 g/mol. The van der Waals surface area contributed by atoms with Gasteiger partial charge in [0.15, 0.2) is 0 Å². The van der Waals surface area contributed by atoms with E-state index in [0.717, 1.165) is 4.74 Å². The van der Waals surface area contributed by atoms with Gasteiger partial charge in [0.25, 0.3) is 11.5 Å². The Balaban J connectivity index is 2.66. The third-order valence-corrected chi connectivity index (χ3v) is 1.97. The lowest BCUT2D eigenvalue weighted by Crippen LogP contribution is -2.36. The van der Waals surface area contributed by atoms with Crippen molar-refractivity contribution in [3.63, 3.8) is 0 Å². The fourth-order valence-electron chi connectivity index (χ4n) is 1.43. The normalized spacial score (nSPS) is 13.1. The number of likely N-dealkylation sites (N-methyl/N-ethyl adjacent to an activating group) is 1. The van der Waals surface area contributed by atoms with Crippen LogP contribution >= 0.6 is 0 Å². The van der Waals surface area contributed by atoms with Gasteiger partial charge in [0.2, 0.25) is 0 Å². The second kappa shape index (κ2) is 5.09. The number of aromatic nitrogens is 1. The monoisotopic (exact) mass is 228 g/mol. The molecule has 0 fully saturated rings. The van der Waals surface area contributed by atoms with E-state index in [1.54, 1.807) is 25.8 Å². The summed E-state index contributed by atoms with van der Waals surface area (Å²) in [7, 11) is 1.69. The number of hydrogen-bond donors (Lipinski definition) is 1. The Kier molecular flexibility index (Phi) is 4.03. The molecule has 0 spiro atoms. The number of carbonyl (C=O) groups is 1. The SMILES string of the molecule is Cc1cc(=O)n(C(=O)CN(C)CC(C)O)o1. The molecule has 1 aromatic heterocycles. The predicted octanol–water partition coefficient (Wildman–Crippen LogP) is -0.297. The van der Waals surface area contributed by atoms with Crippen LogP contribution in [-0.4, -0.2) is 46.9 Å². The Morgan fingerprint density at radius 3 is 2.75 bits per heavy atom. The fourth-order valence-corrected chi connectivity index (χ4v) is 1.43. The van der Waals surface area contributed by atoms with Crippen molar-refractivity contribution in [2.45, 2.75) is 20.0 Å². The summed E-state index contributed by atoms with van der Waals surface area (Å²) in [5.74, 6) is -0.0437. The minimum Gasteiger partial charge on any atom is -0.392 e. The first-order valence-corrected chi connectivity index (χ1v) is 5.00. The number of aryl methyl sites for hydroxylation is 1. The van der Waals surface area contributed by atoms with E-state index in [9.17, 15) is 9.59 Å². The molecule has 1 atom stereocenters. The van der Waals surface area contributed by atoms with Gasteiger partial charge in [-0.25, -0.2) is 0 Å².